The van der Waals surface area contributed by atoms with Crippen LogP contribution in [0.1, 0.15) is 41.3 Å². The Morgan fingerprint density at radius 1 is 1.10 bits per heavy atom. The number of likely N-dealkylation sites (tertiary alicyclic amines) is 1. The second-order valence-electron chi connectivity index (χ2n) is 11.0. The summed E-state index contributed by atoms with van der Waals surface area (Å²) in [7, 11) is -2.78. The van der Waals surface area contributed by atoms with Crippen LogP contribution in [0.25, 0.3) is 22.2 Å². The van der Waals surface area contributed by atoms with E-state index in [-0.39, 0.29) is 12.1 Å². The van der Waals surface area contributed by atoms with Crippen LogP contribution in [0.5, 0.6) is 0 Å². The zero-order valence-corrected chi connectivity index (χ0v) is 24.1. The fraction of sp³-hybridized carbons (Fsp3) is 0.333. The number of piperazine rings is 1. The van der Waals surface area contributed by atoms with E-state index < -0.39 is 38.9 Å². The van der Waals surface area contributed by atoms with E-state index >= 15 is 4.39 Å². The highest BCUT2D eigenvalue weighted by molar-refractivity contribution is 7.90. The van der Waals surface area contributed by atoms with Gasteiger partial charge >= 0.3 is 10.2 Å². The molecule has 6 rings (SSSR count). The first-order chi connectivity index (χ1) is 20.1. The lowest BCUT2D eigenvalue weighted by molar-refractivity contribution is 0.103. The Bertz CT molecular complexity index is 1750. The predicted molar refractivity (Wildman–Crippen MR) is 157 cm³/mol. The van der Waals surface area contributed by atoms with E-state index in [1.165, 1.54) is 31.6 Å². The summed E-state index contributed by atoms with van der Waals surface area (Å²) in [6.07, 6.45) is 5.50. The van der Waals surface area contributed by atoms with Crippen LogP contribution < -0.4 is 10.0 Å². The first-order valence-electron chi connectivity index (χ1n) is 13.9. The lowest BCUT2D eigenvalue weighted by Gasteiger charge is -2.32. The number of carbonyl (C=O) groups excluding carboxylic acids is 1. The zero-order chi connectivity index (χ0) is 29.6. The molecule has 4 heterocycles. The van der Waals surface area contributed by atoms with Crippen LogP contribution in [0.15, 0.2) is 54.9 Å². The van der Waals surface area contributed by atoms with Gasteiger partial charge in [-0.05, 0) is 42.2 Å². The minimum atomic E-state index is -4.09. The molecule has 0 spiro atoms. The maximum atomic E-state index is 15.4. The average Bonchev–Trinajstić information content (AvgIpc) is 3.56. The van der Waals surface area contributed by atoms with Crippen molar-refractivity contribution < 1.29 is 22.0 Å². The number of ketones is 1. The van der Waals surface area contributed by atoms with Gasteiger partial charge in [0.05, 0.1) is 11.3 Å². The number of carbonyl (C=O) groups is 1. The van der Waals surface area contributed by atoms with Crippen molar-refractivity contribution in [3.63, 3.8) is 0 Å². The molecule has 9 nitrogen and oxygen atoms in total. The van der Waals surface area contributed by atoms with Gasteiger partial charge in [-0.25, -0.2) is 13.8 Å². The van der Waals surface area contributed by atoms with E-state index in [2.05, 4.69) is 37.0 Å². The van der Waals surface area contributed by atoms with E-state index in [1.54, 1.807) is 19.2 Å². The minimum absolute atomic E-state index is 0.0211. The quantitative estimate of drug-likeness (QED) is 0.250. The van der Waals surface area contributed by atoms with Crippen LogP contribution in [0, 0.1) is 11.6 Å². The maximum absolute atomic E-state index is 15.4. The van der Waals surface area contributed by atoms with Gasteiger partial charge in [0.15, 0.2) is 5.82 Å². The van der Waals surface area contributed by atoms with Crippen LogP contribution in [0.3, 0.4) is 0 Å². The third-order valence-electron chi connectivity index (χ3n) is 8.17. The van der Waals surface area contributed by atoms with E-state index in [1.807, 2.05) is 12.1 Å². The minimum Gasteiger partial charge on any atom is -0.345 e. The number of aromatic amines is 1. The number of hydrogen-bond acceptors (Lipinski definition) is 6. The molecular formula is C30H32F2N6O3S. The summed E-state index contributed by atoms with van der Waals surface area (Å²) in [4.78, 5) is 23.3. The Hall–Kier alpha value is -3.71. The fourth-order valence-electron chi connectivity index (χ4n) is 5.79. The molecule has 2 aliphatic rings. The molecule has 0 aliphatic carbocycles. The number of benzene rings is 2. The predicted octanol–water partition coefficient (Wildman–Crippen LogP) is 4.28. The van der Waals surface area contributed by atoms with Crippen molar-refractivity contribution in [3.05, 3.63) is 83.2 Å². The normalized spacial score (nSPS) is 19.1. The molecule has 2 aliphatic heterocycles. The smallest absolute Gasteiger partial charge is 0.301 e. The van der Waals surface area contributed by atoms with Crippen molar-refractivity contribution in [2.24, 2.45) is 0 Å². The number of anilines is 1. The second-order valence-corrected chi connectivity index (χ2v) is 12.8. The Kier molecular flexibility index (Phi) is 7.56. The van der Waals surface area contributed by atoms with Gasteiger partial charge in [0.1, 0.15) is 11.5 Å². The topological polar surface area (TPSA) is 110 Å². The van der Waals surface area contributed by atoms with Crippen molar-refractivity contribution in [2.75, 3.05) is 31.4 Å². The molecule has 220 valence electrons. The summed E-state index contributed by atoms with van der Waals surface area (Å²) < 4.78 is 58.2. The summed E-state index contributed by atoms with van der Waals surface area (Å²) >= 11 is 0. The van der Waals surface area contributed by atoms with Gasteiger partial charge < -0.3 is 10.3 Å². The lowest BCUT2D eigenvalue weighted by Crippen LogP contribution is -2.50. The van der Waals surface area contributed by atoms with Crippen molar-refractivity contribution in [1.29, 1.82) is 0 Å². The summed E-state index contributed by atoms with van der Waals surface area (Å²) in [6, 6.07) is 12.9. The number of nitrogens with one attached hydrogen (secondary N) is 3. The van der Waals surface area contributed by atoms with Gasteiger partial charge in [0.2, 0.25) is 5.78 Å². The first kappa shape index (κ1) is 28.4. The zero-order valence-electron chi connectivity index (χ0n) is 23.3. The molecule has 2 aromatic heterocycles. The standard InChI is InChI=1S/C30H32F2N6O3S/c1-3-37(2)42(40,41)36-26-11-10-25(31)27(28(26)32)29(39)24-14-34-30-23(24)12-20(13-33-30)19-6-4-18(5-7-19)15-38-16-21-8-9-22(17-38)35-21/h4-7,10-14,21-22,35-36H,3,8-9,15-17H2,1-2H3,(H,33,34)/t21-,22+. The Morgan fingerprint density at radius 2 is 1.81 bits per heavy atom. The number of nitrogens with zero attached hydrogens (tertiary/aromatic N) is 3. The molecule has 12 heteroatoms. The highest BCUT2D eigenvalue weighted by Gasteiger charge is 2.32. The molecule has 4 aromatic rings. The molecule has 42 heavy (non-hydrogen) atoms. The van der Waals surface area contributed by atoms with Crippen molar-refractivity contribution in [2.45, 2.75) is 38.4 Å². The van der Waals surface area contributed by atoms with Gasteiger partial charge in [-0.1, -0.05) is 31.2 Å². The average molecular weight is 595 g/mol. The molecule has 3 N–H and O–H groups in total. The molecule has 0 unspecified atom stereocenters. The van der Waals surface area contributed by atoms with Crippen molar-refractivity contribution in [1.82, 2.24) is 24.5 Å². The molecule has 2 saturated heterocycles. The fourth-order valence-corrected chi connectivity index (χ4v) is 6.72. The monoisotopic (exact) mass is 594 g/mol. The van der Waals surface area contributed by atoms with E-state index in [4.69, 9.17) is 0 Å². The molecule has 2 bridgehead atoms. The van der Waals surface area contributed by atoms with Crippen LogP contribution in [0.4, 0.5) is 14.5 Å². The second kappa shape index (κ2) is 11.2. The Labute approximate surface area is 243 Å². The number of halogens is 2. The summed E-state index contributed by atoms with van der Waals surface area (Å²) in [5, 5.41) is 4.05. The number of fused-ring (bicyclic) bond motifs is 3. The highest BCUT2D eigenvalue weighted by Crippen LogP contribution is 2.30. The maximum Gasteiger partial charge on any atom is 0.301 e. The van der Waals surface area contributed by atoms with Gasteiger partial charge in [-0.3, -0.25) is 14.4 Å². The van der Waals surface area contributed by atoms with E-state index in [0.717, 1.165) is 47.2 Å². The molecule has 2 fully saturated rings. The summed E-state index contributed by atoms with van der Waals surface area (Å²) in [5.41, 5.74) is 1.87. The van der Waals surface area contributed by atoms with Crippen molar-refractivity contribution in [3.8, 4) is 11.1 Å². The largest absolute Gasteiger partial charge is 0.345 e. The summed E-state index contributed by atoms with van der Waals surface area (Å²) in [5.74, 6) is -3.32. The first-order valence-corrected chi connectivity index (χ1v) is 15.4. The number of aromatic nitrogens is 2. The number of hydrogen-bond donors (Lipinski definition) is 3. The molecular weight excluding hydrogens is 562 g/mol. The Balaban J connectivity index is 1.26. The lowest BCUT2D eigenvalue weighted by atomic mass is 9.99. The van der Waals surface area contributed by atoms with Gasteiger partial charge in [-0.2, -0.15) is 12.7 Å². The van der Waals surface area contributed by atoms with E-state index in [9.17, 15) is 17.6 Å². The summed E-state index contributed by atoms with van der Waals surface area (Å²) in [6.45, 7) is 4.72. The van der Waals surface area contributed by atoms with Crippen molar-refractivity contribution >= 4 is 32.7 Å². The molecule has 2 aromatic carbocycles. The molecule has 0 saturated carbocycles. The Morgan fingerprint density at radius 3 is 2.50 bits per heavy atom. The van der Waals surface area contributed by atoms with Gasteiger partial charge in [-0.15, -0.1) is 0 Å². The molecule has 0 radical (unpaired) electrons. The number of H-pyrrole nitrogens is 1. The number of pyridine rings is 1. The molecule has 2 atom stereocenters. The van der Waals surface area contributed by atoms with Crippen LogP contribution >= 0.6 is 0 Å². The van der Waals surface area contributed by atoms with Crippen LogP contribution in [0.2, 0.25) is 0 Å². The van der Waals surface area contributed by atoms with E-state index in [0.29, 0.717) is 23.1 Å². The third-order valence-corrected chi connectivity index (χ3v) is 9.73. The number of rotatable bonds is 9. The van der Waals surface area contributed by atoms with Gasteiger partial charge in [0, 0.05) is 74.2 Å². The van der Waals surface area contributed by atoms with Crippen LogP contribution in [-0.4, -0.2) is 72.1 Å². The highest BCUT2D eigenvalue weighted by atomic mass is 32.2. The molecule has 0 amide bonds. The SMILES string of the molecule is CCN(C)S(=O)(=O)Nc1ccc(F)c(C(=O)c2c[nH]c3ncc(-c4ccc(CN5C[C@H]6CC[C@@H](C5)N6)cc4)cc23)c1F. The van der Waals surface area contributed by atoms with Gasteiger partial charge in [0.25, 0.3) is 0 Å². The third kappa shape index (κ3) is 5.42. The van der Waals surface area contributed by atoms with Crippen LogP contribution in [-0.2, 0) is 16.8 Å².